The molecule has 4 bridgehead atoms. The Morgan fingerprint density at radius 2 is 1.97 bits per heavy atom. The molecule has 2 aromatic rings. The number of carbonyl (C=O) groups is 1. The van der Waals surface area contributed by atoms with Crippen LogP contribution in [0.5, 0.6) is 0 Å². The standard InChI is InChI=1S/C24H29N5O5/c30-10-15(11-31)26-22(32)23-28-21(29-34-23)17-9-25-18-3-1-2-16(18)20(17)27-19-13-4-12-5-14(19)8-24(33,6-12)7-13/h1-2,9,12-15,19,30-31,33H,3-8,10-11H2,(H,25,27)(H,26,32)/t12?,13-,14+,19?,24?. The van der Waals surface area contributed by atoms with E-state index in [0.717, 1.165) is 55.5 Å². The van der Waals surface area contributed by atoms with Crippen LogP contribution in [0.25, 0.3) is 17.5 Å². The van der Waals surface area contributed by atoms with Crippen LogP contribution in [0, 0.1) is 17.8 Å². The second-order valence-electron chi connectivity index (χ2n) is 10.3. The Balaban J connectivity index is 1.31. The first-order valence-electron chi connectivity index (χ1n) is 12.0. The molecule has 0 saturated heterocycles. The number of aromatic nitrogens is 3. The maximum Gasteiger partial charge on any atom is 0.316 e. The Labute approximate surface area is 196 Å². The van der Waals surface area contributed by atoms with Crippen molar-refractivity contribution >= 4 is 17.7 Å². The second kappa shape index (κ2) is 8.14. The third-order valence-corrected chi connectivity index (χ3v) is 7.98. The number of nitrogens with one attached hydrogen (secondary N) is 2. The molecule has 7 rings (SSSR count). The van der Waals surface area contributed by atoms with Crippen molar-refractivity contribution in [3.05, 3.63) is 29.4 Å². The number of pyridine rings is 1. The zero-order valence-corrected chi connectivity index (χ0v) is 18.8. The lowest BCUT2D eigenvalue weighted by atomic mass is 9.52. The van der Waals surface area contributed by atoms with Crippen LogP contribution in [0.2, 0.25) is 0 Å². The minimum absolute atomic E-state index is 0.246. The number of hydrogen-bond acceptors (Lipinski definition) is 9. The highest BCUT2D eigenvalue weighted by Crippen LogP contribution is 2.56. The van der Waals surface area contributed by atoms with Crippen molar-refractivity contribution in [2.75, 3.05) is 18.5 Å². The van der Waals surface area contributed by atoms with E-state index >= 15 is 0 Å². The summed E-state index contributed by atoms with van der Waals surface area (Å²) in [5.41, 5.74) is 3.01. The van der Waals surface area contributed by atoms with Gasteiger partial charge in [-0.1, -0.05) is 17.3 Å². The predicted molar refractivity (Wildman–Crippen MR) is 122 cm³/mol. The molecule has 5 N–H and O–H groups in total. The molecular formula is C24H29N5O5. The zero-order chi connectivity index (χ0) is 23.4. The van der Waals surface area contributed by atoms with E-state index in [9.17, 15) is 20.1 Å². The molecule has 10 heteroatoms. The number of rotatable bonds is 7. The van der Waals surface area contributed by atoms with Gasteiger partial charge in [0.15, 0.2) is 0 Å². The largest absolute Gasteiger partial charge is 0.394 e. The van der Waals surface area contributed by atoms with Crippen molar-refractivity contribution in [1.82, 2.24) is 20.4 Å². The van der Waals surface area contributed by atoms with Crippen LogP contribution in [0.15, 0.2) is 16.8 Å². The summed E-state index contributed by atoms with van der Waals surface area (Å²) in [6.07, 6.45) is 11.5. The van der Waals surface area contributed by atoms with E-state index in [4.69, 9.17) is 4.52 Å². The van der Waals surface area contributed by atoms with E-state index in [1.807, 2.05) is 0 Å². The van der Waals surface area contributed by atoms with Gasteiger partial charge < -0.3 is 30.5 Å². The Hall–Kier alpha value is -2.82. The molecule has 180 valence electrons. The van der Waals surface area contributed by atoms with Crippen LogP contribution < -0.4 is 10.6 Å². The van der Waals surface area contributed by atoms with Gasteiger partial charge in [0.25, 0.3) is 0 Å². The Morgan fingerprint density at radius 3 is 2.68 bits per heavy atom. The summed E-state index contributed by atoms with van der Waals surface area (Å²) in [4.78, 5) is 21.3. The Bertz CT molecular complexity index is 1130. The number of hydrogen-bond donors (Lipinski definition) is 5. The van der Waals surface area contributed by atoms with Gasteiger partial charge in [-0.15, -0.1) is 0 Å². The SMILES string of the molecule is O=C(NC(CO)CO)c1nc(-c2cnc3c(c2NC2[C@@H]4CC5C[C@H]2CC(O)(C5)C4)C=CC3)no1. The summed E-state index contributed by atoms with van der Waals surface area (Å²) in [6.45, 7) is -0.809. The molecule has 4 fully saturated rings. The van der Waals surface area contributed by atoms with Crippen molar-refractivity contribution < 1.29 is 24.6 Å². The lowest BCUT2D eigenvalue weighted by molar-refractivity contribution is -0.129. The predicted octanol–water partition coefficient (Wildman–Crippen LogP) is 1.14. The number of nitrogens with zero attached hydrogens (tertiary/aromatic N) is 3. The quantitative estimate of drug-likeness (QED) is 0.403. The molecule has 0 spiro atoms. The van der Waals surface area contributed by atoms with Crippen LogP contribution in [-0.4, -0.2) is 67.2 Å². The van der Waals surface area contributed by atoms with Crippen molar-refractivity contribution in [2.45, 2.75) is 56.2 Å². The molecule has 10 nitrogen and oxygen atoms in total. The molecule has 5 aliphatic carbocycles. The van der Waals surface area contributed by atoms with Crippen molar-refractivity contribution in [3.63, 3.8) is 0 Å². The summed E-state index contributed by atoms with van der Waals surface area (Å²) in [7, 11) is 0. The maximum absolute atomic E-state index is 12.4. The van der Waals surface area contributed by atoms with E-state index in [-0.39, 0.29) is 17.8 Å². The molecule has 1 amide bonds. The summed E-state index contributed by atoms with van der Waals surface area (Å²) in [6, 6.07) is -0.556. The minimum Gasteiger partial charge on any atom is -0.394 e. The van der Waals surface area contributed by atoms with Crippen LogP contribution in [-0.2, 0) is 6.42 Å². The van der Waals surface area contributed by atoms with Gasteiger partial charge in [0.1, 0.15) is 0 Å². The monoisotopic (exact) mass is 467 g/mol. The summed E-state index contributed by atoms with van der Waals surface area (Å²) < 4.78 is 5.20. The molecular weight excluding hydrogens is 438 g/mol. The molecule has 0 aliphatic heterocycles. The van der Waals surface area contributed by atoms with Crippen molar-refractivity contribution in [1.29, 1.82) is 0 Å². The second-order valence-corrected chi connectivity index (χ2v) is 10.3. The number of carbonyl (C=O) groups excluding carboxylic acids is 1. The molecule has 5 aliphatic rings. The third kappa shape index (κ3) is 3.60. The highest BCUT2D eigenvalue weighted by molar-refractivity contribution is 5.91. The van der Waals surface area contributed by atoms with Crippen molar-refractivity contribution in [3.8, 4) is 11.4 Å². The number of anilines is 1. The van der Waals surface area contributed by atoms with Gasteiger partial charge in [-0.3, -0.25) is 9.78 Å². The highest BCUT2D eigenvalue weighted by atomic mass is 16.5. The van der Waals surface area contributed by atoms with E-state index < -0.39 is 30.8 Å². The van der Waals surface area contributed by atoms with E-state index in [1.165, 1.54) is 0 Å². The van der Waals surface area contributed by atoms with Crippen LogP contribution in [0.3, 0.4) is 0 Å². The lowest BCUT2D eigenvalue weighted by Gasteiger charge is -2.58. The van der Waals surface area contributed by atoms with Gasteiger partial charge in [0, 0.05) is 24.2 Å². The van der Waals surface area contributed by atoms with Gasteiger partial charge in [-0.05, 0) is 49.9 Å². The van der Waals surface area contributed by atoms with E-state index in [1.54, 1.807) is 6.20 Å². The maximum atomic E-state index is 12.4. The smallest absolute Gasteiger partial charge is 0.316 e. The number of fused-ring (bicyclic) bond motifs is 1. The Morgan fingerprint density at radius 1 is 1.21 bits per heavy atom. The van der Waals surface area contributed by atoms with Gasteiger partial charge in [0.2, 0.25) is 5.82 Å². The molecule has 2 heterocycles. The van der Waals surface area contributed by atoms with Gasteiger partial charge in [0.05, 0.1) is 41.8 Å². The van der Waals surface area contributed by atoms with Gasteiger partial charge in [-0.25, -0.2) is 0 Å². The fourth-order valence-corrected chi connectivity index (χ4v) is 6.73. The fourth-order valence-electron chi connectivity index (χ4n) is 6.73. The van der Waals surface area contributed by atoms with Crippen LogP contribution in [0.4, 0.5) is 5.69 Å². The molecule has 3 unspecified atom stereocenters. The molecule has 2 aromatic heterocycles. The first-order chi connectivity index (χ1) is 16.5. The summed E-state index contributed by atoms with van der Waals surface area (Å²) >= 11 is 0. The number of aliphatic hydroxyl groups is 3. The molecule has 0 radical (unpaired) electrons. The normalized spacial score (nSPS) is 30.7. The molecule has 4 saturated carbocycles. The Kier molecular flexibility index (Phi) is 5.20. The average molecular weight is 468 g/mol. The number of allylic oxidation sites excluding steroid dienone is 1. The first kappa shape index (κ1) is 21.7. The van der Waals surface area contributed by atoms with Crippen molar-refractivity contribution in [2.24, 2.45) is 17.8 Å². The first-order valence-corrected chi connectivity index (χ1v) is 12.0. The summed E-state index contributed by atoms with van der Waals surface area (Å²) in [5.74, 6) is 0.779. The number of amides is 1. The third-order valence-electron chi connectivity index (χ3n) is 7.98. The average Bonchev–Trinajstić information content (AvgIpc) is 3.48. The number of aliphatic hydroxyl groups excluding tert-OH is 2. The highest BCUT2D eigenvalue weighted by Gasteiger charge is 2.54. The molecule has 34 heavy (non-hydrogen) atoms. The lowest BCUT2D eigenvalue weighted by Crippen LogP contribution is -2.59. The topological polar surface area (TPSA) is 154 Å². The zero-order valence-electron chi connectivity index (χ0n) is 18.8. The summed E-state index contributed by atoms with van der Waals surface area (Å²) in [5, 5.41) is 39.7. The van der Waals surface area contributed by atoms with Crippen LogP contribution in [0.1, 0.15) is 54.0 Å². The molecule has 0 aromatic carbocycles. The van der Waals surface area contributed by atoms with Gasteiger partial charge in [-0.2, -0.15) is 4.98 Å². The molecule has 5 atom stereocenters. The van der Waals surface area contributed by atoms with E-state index in [2.05, 4.69) is 37.9 Å². The van der Waals surface area contributed by atoms with Gasteiger partial charge >= 0.3 is 11.8 Å². The van der Waals surface area contributed by atoms with E-state index in [0.29, 0.717) is 23.3 Å². The van der Waals surface area contributed by atoms with Crippen LogP contribution >= 0.6 is 0 Å². The minimum atomic E-state index is -0.807. The fraction of sp³-hybridized carbons (Fsp3) is 0.583.